The number of benzene rings is 3. The van der Waals surface area contributed by atoms with Gasteiger partial charge in [0.15, 0.2) is 0 Å². The van der Waals surface area contributed by atoms with E-state index in [0.29, 0.717) is 0 Å². The van der Waals surface area contributed by atoms with Crippen LogP contribution in [0.1, 0.15) is 11.1 Å². The number of sulfonamides is 1. The van der Waals surface area contributed by atoms with Gasteiger partial charge in [-0.1, -0.05) is 60.7 Å². The Morgan fingerprint density at radius 2 is 1.58 bits per heavy atom. The molecule has 160 valence electrons. The third-order valence-electron chi connectivity index (χ3n) is 4.42. The van der Waals surface area contributed by atoms with Gasteiger partial charge in [-0.3, -0.25) is 4.79 Å². The van der Waals surface area contributed by atoms with Gasteiger partial charge >= 0.3 is 0 Å². The maximum absolute atomic E-state index is 13.1. The lowest BCUT2D eigenvalue weighted by atomic mass is 10.2. The summed E-state index contributed by atoms with van der Waals surface area (Å²) in [5.41, 5.74) is 4.03. The van der Waals surface area contributed by atoms with Crippen molar-refractivity contribution >= 4 is 33.9 Å². The molecule has 0 spiro atoms. The van der Waals surface area contributed by atoms with E-state index in [1.165, 1.54) is 18.3 Å². The lowest BCUT2D eigenvalue weighted by Crippen LogP contribution is -2.39. The molecule has 3 rings (SSSR count). The first-order valence-corrected chi connectivity index (χ1v) is 12.2. The molecular weight excluding hydrogens is 430 g/mol. The summed E-state index contributed by atoms with van der Waals surface area (Å²) in [6.45, 7) is -0.278. The summed E-state index contributed by atoms with van der Waals surface area (Å²) in [5, 5.41) is 3.96. The standard InChI is InChI=1S/C23H23N3O3S2/c1-30-21-14-12-19(13-15-21)16-24-25-23(27)18-26(17-20-8-4-2-5-9-20)31(28,29)22-10-6-3-7-11-22/h2-16H,17-18H2,1H3,(H,25,27)/b24-16-. The van der Waals surface area contributed by atoms with E-state index in [0.717, 1.165) is 20.3 Å². The highest BCUT2D eigenvalue weighted by atomic mass is 32.2. The van der Waals surface area contributed by atoms with Crippen LogP contribution in [-0.4, -0.2) is 37.6 Å². The van der Waals surface area contributed by atoms with E-state index in [9.17, 15) is 13.2 Å². The van der Waals surface area contributed by atoms with Crippen LogP contribution in [0.3, 0.4) is 0 Å². The summed E-state index contributed by atoms with van der Waals surface area (Å²) >= 11 is 1.64. The van der Waals surface area contributed by atoms with Crippen LogP contribution in [0.4, 0.5) is 0 Å². The van der Waals surface area contributed by atoms with E-state index in [2.05, 4.69) is 10.5 Å². The van der Waals surface area contributed by atoms with E-state index < -0.39 is 15.9 Å². The number of rotatable bonds is 9. The van der Waals surface area contributed by atoms with Crippen LogP contribution in [0.5, 0.6) is 0 Å². The first-order valence-electron chi connectivity index (χ1n) is 9.54. The van der Waals surface area contributed by atoms with Gasteiger partial charge in [-0.15, -0.1) is 11.8 Å². The minimum atomic E-state index is -3.86. The Labute approximate surface area is 187 Å². The van der Waals surface area contributed by atoms with Crippen LogP contribution in [0.25, 0.3) is 0 Å². The minimum absolute atomic E-state index is 0.0748. The molecule has 0 fully saturated rings. The zero-order chi connectivity index (χ0) is 22.1. The molecule has 0 bridgehead atoms. The van der Waals surface area contributed by atoms with E-state index in [4.69, 9.17) is 0 Å². The average Bonchev–Trinajstić information content (AvgIpc) is 2.80. The second kappa shape index (κ2) is 10.9. The van der Waals surface area contributed by atoms with Gasteiger partial charge in [0.05, 0.1) is 17.7 Å². The number of thioether (sulfide) groups is 1. The number of nitrogens with zero attached hydrogens (tertiary/aromatic N) is 2. The quantitative estimate of drug-likeness (QED) is 0.304. The second-order valence-corrected chi connectivity index (χ2v) is 9.46. The van der Waals surface area contributed by atoms with Crippen LogP contribution >= 0.6 is 11.8 Å². The summed E-state index contributed by atoms with van der Waals surface area (Å²) in [6.07, 6.45) is 3.52. The number of hydrogen-bond acceptors (Lipinski definition) is 5. The number of carbonyl (C=O) groups is 1. The largest absolute Gasteiger partial charge is 0.272 e. The van der Waals surface area contributed by atoms with Crippen molar-refractivity contribution in [2.24, 2.45) is 5.10 Å². The molecule has 6 nitrogen and oxygen atoms in total. The predicted octanol–water partition coefficient (Wildman–Crippen LogP) is 3.75. The molecule has 0 saturated heterocycles. The van der Waals surface area contributed by atoms with Crippen molar-refractivity contribution in [3.63, 3.8) is 0 Å². The fourth-order valence-corrected chi connectivity index (χ4v) is 4.63. The lowest BCUT2D eigenvalue weighted by Gasteiger charge is -2.21. The average molecular weight is 454 g/mol. The Morgan fingerprint density at radius 1 is 0.968 bits per heavy atom. The predicted molar refractivity (Wildman–Crippen MR) is 124 cm³/mol. The van der Waals surface area contributed by atoms with Crippen molar-refractivity contribution in [3.05, 3.63) is 96.1 Å². The molecule has 0 aromatic heterocycles. The number of hydrogen-bond donors (Lipinski definition) is 1. The fraction of sp³-hybridized carbons (Fsp3) is 0.130. The summed E-state index contributed by atoms with van der Waals surface area (Å²) in [7, 11) is -3.86. The van der Waals surface area contributed by atoms with Crippen molar-refractivity contribution in [2.45, 2.75) is 16.3 Å². The van der Waals surface area contributed by atoms with E-state index in [-0.39, 0.29) is 18.0 Å². The van der Waals surface area contributed by atoms with Crippen LogP contribution in [0.2, 0.25) is 0 Å². The number of hydrazone groups is 1. The molecule has 8 heteroatoms. The van der Waals surface area contributed by atoms with Gasteiger partial charge in [0.1, 0.15) is 0 Å². The zero-order valence-electron chi connectivity index (χ0n) is 17.0. The van der Waals surface area contributed by atoms with Crippen molar-refractivity contribution in [1.82, 2.24) is 9.73 Å². The molecule has 0 saturated carbocycles. The number of nitrogens with one attached hydrogen (secondary N) is 1. The summed E-state index contributed by atoms with van der Waals surface area (Å²) in [4.78, 5) is 13.7. The Kier molecular flexibility index (Phi) is 8.00. The van der Waals surface area contributed by atoms with Gasteiger partial charge in [0, 0.05) is 11.4 Å². The molecule has 0 atom stereocenters. The monoisotopic (exact) mass is 453 g/mol. The third kappa shape index (κ3) is 6.52. The topological polar surface area (TPSA) is 78.8 Å². The first-order chi connectivity index (χ1) is 15.0. The molecular formula is C23H23N3O3S2. The van der Waals surface area contributed by atoms with Crippen LogP contribution in [-0.2, 0) is 21.4 Å². The molecule has 0 unspecified atom stereocenters. The normalized spacial score (nSPS) is 11.7. The van der Waals surface area contributed by atoms with Crippen molar-refractivity contribution in [2.75, 3.05) is 12.8 Å². The number of amides is 1. The Bertz CT molecular complexity index is 1120. The Morgan fingerprint density at radius 3 is 2.19 bits per heavy atom. The zero-order valence-corrected chi connectivity index (χ0v) is 18.6. The lowest BCUT2D eigenvalue weighted by molar-refractivity contribution is -0.121. The number of carbonyl (C=O) groups excluding carboxylic acids is 1. The maximum Gasteiger partial charge on any atom is 0.255 e. The maximum atomic E-state index is 13.1. The highest BCUT2D eigenvalue weighted by molar-refractivity contribution is 7.98. The molecule has 0 aliphatic rings. The molecule has 1 amide bonds. The van der Waals surface area contributed by atoms with Gasteiger partial charge in [0.2, 0.25) is 10.0 Å². The van der Waals surface area contributed by atoms with E-state index >= 15 is 0 Å². The first kappa shape index (κ1) is 22.7. The Hall–Kier alpha value is -2.94. The molecule has 0 heterocycles. The van der Waals surface area contributed by atoms with Gasteiger partial charge in [-0.05, 0) is 41.6 Å². The Balaban J connectivity index is 1.72. The molecule has 3 aromatic carbocycles. The molecule has 0 aliphatic heterocycles. The van der Waals surface area contributed by atoms with Gasteiger partial charge < -0.3 is 0 Å². The van der Waals surface area contributed by atoms with Crippen molar-refractivity contribution in [3.8, 4) is 0 Å². The minimum Gasteiger partial charge on any atom is -0.272 e. The van der Waals surface area contributed by atoms with Gasteiger partial charge in [-0.2, -0.15) is 9.41 Å². The fourth-order valence-electron chi connectivity index (χ4n) is 2.82. The molecule has 31 heavy (non-hydrogen) atoms. The van der Waals surface area contributed by atoms with Crippen LogP contribution in [0, 0.1) is 0 Å². The summed E-state index contributed by atoms with van der Waals surface area (Å²) < 4.78 is 27.4. The van der Waals surface area contributed by atoms with E-state index in [1.807, 2.05) is 60.9 Å². The highest BCUT2D eigenvalue weighted by Crippen LogP contribution is 2.18. The van der Waals surface area contributed by atoms with Gasteiger partial charge in [-0.25, -0.2) is 13.8 Å². The molecule has 3 aromatic rings. The van der Waals surface area contributed by atoms with Crippen molar-refractivity contribution in [1.29, 1.82) is 0 Å². The molecule has 1 N–H and O–H groups in total. The van der Waals surface area contributed by atoms with Crippen molar-refractivity contribution < 1.29 is 13.2 Å². The molecule has 0 aliphatic carbocycles. The second-order valence-electron chi connectivity index (χ2n) is 6.64. The van der Waals surface area contributed by atoms with Crippen LogP contribution < -0.4 is 5.43 Å². The summed E-state index contributed by atoms with van der Waals surface area (Å²) in [6, 6.07) is 24.9. The van der Waals surface area contributed by atoms with E-state index in [1.54, 1.807) is 30.0 Å². The SMILES string of the molecule is CSc1ccc(/C=N\NC(=O)CN(Cc2ccccc2)S(=O)(=O)c2ccccc2)cc1. The third-order valence-corrected chi connectivity index (χ3v) is 6.97. The summed E-state index contributed by atoms with van der Waals surface area (Å²) in [5.74, 6) is -0.521. The highest BCUT2D eigenvalue weighted by Gasteiger charge is 2.26. The van der Waals surface area contributed by atoms with Gasteiger partial charge in [0.25, 0.3) is 5.91 Å². The van der Waals surface area contributed by atoms with Crippen LogP contribution in [0.15, 0.2) is 99.8 Å². The smallest absolute Gasteiger partial charge is 0.255 e. The molecule has 0 radical (unpaired) electrons.